The first-order valence-corrected chi connectivity index (χ1v) is 6.82. The first kappa shape index (κ1) is 12.5. The van der Waals surface area contributed by atoms with Gasteiger partial charge in [0, 0.05) is 17.6 Å². The van der Waals surface area contributed by atoms with Crippen molar-refractivity contribution in [3.8, 4) is 0 Å². The average molecular weight is 231 g/mol. The van der Waals surface area contributed by atoms with E-state index < -0.39 is 0 Å². The summed E-state index contributed by atoms with van der Waals surface area (Å²) in [6.07, 6.45) is 2.44. The summed E-state index contributed by atoms with van der Waals surface area (Å²) < 4.78 is 0. The van der Waals surface area contributed by atoms with Crippen molar-refractivity contribution in [1.82, 2.24) is 0 Å². The number of hydrogen-bond acceptors (Lipinski definition) is 1. The van der Waals surface area contributed by atoms with Crippen molar-refractivity contribution >= 4 is 5.69 Å². The maximum Gasteiger partial charge on any atom is 0.0379 e. The van der Waals surface area contributed by atoms with Gasteiger partial charge in [0.15, 0.2) is 0 Å². The van der Waals surface area contributed by atoms with E-state index in [4.69, 9.17) is 0 Å². The second-order valence-electron chi connectivity index (χ2n) is 6.35. The maximum absolute atomic E-state index is 3.57. The van der Waals surface area contributed by atoms with Crippen molar-refractivity contribution in [3.63, 3.8) is 0 Å². The fourth-order valence-electron chi connectivity index (χ4n) is 2.84. The molecule has 1 heterocycles. The zero-order valence-corrected chi connectivity index (χ0v) is 11.9. The minimum absolute atomic E-state index is 0.241. The molecule has 1 heteroatoms. The number of anilines is 1. The molecular formula is C16H25N. The minimum atomic E-state index is 0.241. The highest BCUT2D eigenvalue weighted by atomic mass is 14.9. The van der Waals surface area contributed by atoms with Crippen molar-refractivity contribution in [2.24, 2.45) is 0 Å². The Bertz CT molecular complexity index is 408. The van der Waals surface area contributed by atoms with E-state index in [-0.39, 0.29) is 5.41 Å². The third kappa shape index (κ3) is 1.96. The van der Waals surface area contributed by atoms with Crippen LogP contribution in [-0.2, 0) is 10.8 Å². The lowest BCUT2D eigenvalue weighted by atomic mass is 9.75. The predicted octanol–water partition coefficient (Wildman–Crippen LogP) is 4.47. The third-order valence-corrected chi connectivity index (χ3v) is 4.43. The SMILES string of the molecule is CCC1(CC)CNc2ccc(C(C)(C)C)cc21. The molecule has 1 aromatic rings. The minimum Gasteiger partial charge on any atom is -0.384 e. The number of hydrogen-bond donors (Lipinski definition) is 1. The summed E-state index contributed by atoms with van der Waals surface area (Å²) in [6, 6.07) is 6.97. The van der Waals surface area contributed by atoms with Crippen LogP contribution in [-0.4, -0.2) is 6.54 Å². The molecule has 2 rings (SSSR count). The molecule has 0 fully saturated rings. The Morgan fingerprint density at radius 3 is 2.35 bits per heavy atom. The van der Waals surface area contributed by atoms with E-state index in [1.54, 1.807) is 0 Å². The van der Waals surface area contributed by atoms with Crippen molar-refractivity contribution in [3.05, 3.63) is 29.3 Å². The van der Waals surface area contributed by atoms with Gasteiger partial charge in [-0.3, -0.25) is 0 Å². The molecule has 0 bridgehead atoms. The fraction of sp³-hybridized carbons (Fsp3) is 0.625. The Morgan fingerprint density at radius 2 is 1.82 bits per heavy atom. The summed E-state index contributed by atoms with van der Waals surface area (Å²) in [5, 5.41) is 3.57. The maximum atomic E-state index is 3.57. The fourth-order valence-corrected chi connectivity index (χ4v) is 2.84. The normalized spacial score (nSPS) is 17.7. The molecule has 1 aromatic carbocycles. The Labute approximate surface area is 106 Å². The number of benzene rings is 1. The van der Waals surface area contributed by atoms with Gasteiger partial charge in [0.1, 0.15) is 0 Å². The van der Waals surface area contributed by atoms with E-state index in [0.717, 1.165) is 6.54 Å². The van der Waals surface area contributed by atoms with E-state index in [9.17, 15) is 0 Å². The van der Waals surface area contributed by atoms with Crippen LogP contribution < -0.4 is 5.32 Å². The highest BCUT2D eigenvalue weighted by molar-refractivity contribution is 5.62. The molecule has 0 aromatic heterocycles. The van der Waals surface area contributed by atoms with E-state index >= 15 is 0 Å². The first-order valence-electron chi connectivity index (χ1n) is 6.82. The molecule has 1 aliphatic heterocycles. The highest BCUT2D eigenvalue weighted by Gasteiger charge is 2.36. The van der Waals surface area contributed by atoms with Crippen LogP contribution in [0.5, 0.6) is 0 Å². The summed E-state index contributed by atoms with van der Waals surface area (Å²) in [5.74, 6) is 0. The van der Waals surface area contributed by atoms with Crippen LogP contribution in [0.3, 0.4) is 0 Å². The van der Waals surface area contributed by atoms with E-state index in [1.807, 2.05) is 0 Å². The van der Waals surface area contributed by atoms with Gasteiger partial charge in [0.2, 0.25) is 0 Å². The van der Waals surface area contributed by atoms with Gasteiger partial charge in [0.25, 0.3) is 0 Å². The van der Waals surface area contributed by atoms with Gasteiger partial charge in [-0.15, -0.1) is 0 Å². The molecule has 1 aliphatic rings. The van der Waals surface area contributed by atoms with Crippen molar-refractivity contribution in [2.45, 2.75) is 58.3 Å². The van der Waals surface area contributed by atoms with Crippen molar-refractivity contribution in [2.75, 3.05) is 11.9 Å². The van der Waals surface area contributed by atoms with Gasteiger partial charge < -0.3 is 5.32 Å². The van der Waals surface area contributed by atoms with Crippen molar-refractivity contribution in [1.29, 1.82) is 0 Å². The van der Waals surface area contributed by atoms with Crippen LogP contribution >= 0.6 is 0 Å². The molecule has 0 radical (unpaired) electrons. The smallest absolute Gasteiger partial charge is 0.0379 e. The highest BCUT2D eigenvalue weighted by Crippen LogP contribution is 2.43. The summed E-state index contributed by atoms with van der Waals surface area (Å²) >= 11 is 0. The molecule has 0 amide bonds. The van der Waals surface area contributed by atoms with Crippen LogP contribution in [0.25, 0.3) is 0 Å². The largest absolute Gasteiger partial charge is 0.384 e. The third-order valence-electron chi connectivity index (χ3n) is 4.43. The quantitative estimate of drug-likeness (QED) is 0.792. The Morgan fingerprint density at radius 1 is 1.18 bits per heavy atom. The molecular weight excluding hydrogens is 206 g/mol. The molecule has 0 unspecified atom stereocenters. The van der Waals surface area contributed by atoms with Crippen LogP contribution in [0.2, 0.25) is 0 Å². The van der Waals surface area contributed by atoms with E-state index in [2.05, 4.69) is 58.1 Å². The lowest BCUT2D eigenvalue weighted by Crippen LogP contribution is -2.26. The lowest BCUT2D eigenvalue weighted by Gasteiger charge is -2.28. The molecule has 17 heavy (non-hydrogen) atoms. The number of rotatable bonds is 2. The zero-order valence-electron chi connectivity index (χ0n) is 11.9. The molecule has 94 valence electrons. The van der Waals surface area contributed by atoms with Gasteiger partial charge in [-0.2, -0.15) is 0 Å². The van der Waals surface area contributed by atoms with E-state index in [1.165, 1.54) is 29.7 Å². The van der Waals surface area contributed by atoms with Crippen LogP contribution in [0.15, 0.2) is 18.2 Å². The molecule has 0 saturated carbocycles. The summed E-state index contributed by atoms with van der Waals surface area (Å²) in [6.45, 7) is 12.6. The molecule has 0 atom stereocenters. The molecule has 1 N–H and O–H groups in total. The molecule has 0 aliphatic carbocycles. The molecule has 0 spiro atoms. The number of fused-ring (bicyclic) bond motifs is 1. The second-order valence-corrected chi connectivity index (χ2v) is 6.35. The average Bonchev–Trinajstić information content (AvgIpc) is 2.66. The van der Waals surface area contributed by atoms with Crippen molar-refractivity contribution < 1.29 is 0 Å². The standard InChI is InChI=1S/C16H25N/c1-6-16(7-2)11-17-14-9-8-12(10-13(14)16)15(3,4)5/h8-10,17H,6-7,11H2,1-5H3. The van der Waals surface area contributed by atoms with Gasteiger partial charge in [-0.1, -0.05) is 46.8 Å². The Kier molecular flexibility index (Phi) is 2.97. The first-order chi connectivity index (χ1) is 7.93. The zero-order chi connectivity index (χ0) is 12.7. The van der Waals surface area contributed by atoms with Gasteiger partial charge >= 0.3 is 0 Å². The lowest BCUT2D eigenvalue weighted by molar-refractivity contribution is 0.436. The molecule has 1 nitrogen and oxygen atoms in total. The Balaban J connectivity index is 2.51. The van der Waals surface area contributed by atoms with Crippen LogP contribution in [0, 0.1) is 0 Å². The predicted molar refractivity (Wildman–Crippen MR) is 75.9 cm³/mol. The number of nitrogens with one attached hydrogen (secondary N) is 1. The second kappa shape index (κ2) is 4.04. The summed E-state index contributed by atoms with van der Waals surface area (Å²) in [5.41, 5.74) is 4.93. The Hall–Kier alpha value is -0.980. The summed E-state index contributed by atoms with van der Waals surface area (Å²) in [4.78, 5) is 0. The van der Waals surface area contributed by atoms with Crippen LogP contribution in [0.1, 0.15) is 58.6 Å². The van der Waals surface area contributed by atoms with Gasteiger partial charge in [0.05, 0.1) is 0 Å². The monoisotopic (exact) mass is 231 g/mol. The van der Waals surface area contributed by atoms with Gasteiger partial charge in [-0.25, -0.2) is 0 Å². The topological polar surface area (TPSA) is 12.0 Å². The van der Waals surface area contributed by atoms with Gasteiger partial charge in [-0.05, 0) is 35.4 Å². The summed E-state index contributed by atoms with van der Waals surface area (Å²) in [7, 11) is 0. The van der Waals surface area contributed by atoms with Crippen LogP contribution in [0.4, 0.5) is 5.69 Å². The van der Waals surface area contributed by atoms with E-state index in [0.29, 0.717) is 5.41 Å². The molecule has 0 saturated heterocycles.